The monoisotopic (exact) mass is 528 g/mol. The van der Waals surface area contributed by atoms with E-state index in [4.69, 9.17) is 0 Å². The molecule has 4 rings (SSSR count). The molecule has 1 aliphatic carbocycles. The largest absolute Gasteiger partial charge is 0.350 e. The van der Waals surface area contributed by atoms with Crippen molar-refractivity contribution in [3.05, 3.63) is 41.0 Å². The number of amides is 3. The first-order valence-electron chi connectivity index (χ1n) is 13.0. The molecule has 2 N–H and O–H groups in total. The predicted octanol–water partition coefficient (Wildman–Crippen LogP) is 4.39. The summed E-state index contributed by atoms with van der Waals surface area (Å²) in [6.07, 6.45) is 1.61. The molecule has 1 saturated heterocycles. The maximum atomic E-state index is 14.5. The highest BCUT2D eigenvalue weighted by Crippen LogP contribution is 2.41. The molecule has 1 aliphatic heterocycles. The number of aromatic nitrogens is 1. The van der Waals surface area contributed by atoms with E-state index in [9.17, 15) is 18.8 Å². The van der Waals surface area contributed by atoms with Crippen molar-refractivity contribution < 1.29 is 18.8 Å². The molecule has 1 saturated carbocycles. The average molecular weight is 529 g/mol. The quantitative estimate of drug-likeness (QED) is 0.505. The van der Waals surface area contributed by atoms with Gasteiger partial charge in [-0.1, -0.05) is 52.0 Å². The lowest BCUT2D eigenvalue weighted by atomic mass is 9.74. The lowest BCUT2D eigenvalue weighted by molar-refractivity contribution is -0.146. The number of nitrogens with one attached hydrogen (secondary N) is 2. The van der Waals surface area contributed by atoms with Gasteiger partial charge in [-0.3, -0.25) is 14.4 Å². The zero-order valence-corrected chi connectivity index (χ0v) is 23.1. The second-order valence-corrected chi connectivity index (χ2v) is 12.1. The Bertz CT molecular complexity index is 1160. The van der Waals surface area contributed by atoms with Crippen molar-refractivity contribution in [2.45, 2.75) is 84.6 Å². The van der Waals surface area contributed by atoms with Crippen LogP contribution >= 0.6 is 11.3 Å². The molecular weight excluding hydrogens is 491 g/mol. The number of thiazole rings is 1. The first-order chi connectivity index (χ1) is 17.4. The molecule has 0 bridgehead atoms. The summed E-state index contributed by atoms with van der Waals surface area (Å²) in [5, 5.41) is 5.69. The fourth-order valence-electron chi connectivity index (χ4n) is 4.63. The molecule has 37 heavy (non-hydrogen) atoms. The Hall–Kier alpha value is -2.81. The second-order valence-electron chi connectivity index (χ2n) is 11.2. The summed E-state index contributed by atoms with van der Waals surface area (Å²) in [5.41, 5.74) is 2.36. The van der Waals surface area contributed by atoms with Crippen molar-refractivity contribution in [3.8, 4) is 10.4 Å². The SMILES string of the molecule is Cc1ncsc1-c1ccc(CNC(=O)C2CCCN2C(=O)C(NC(=O)C2(F)CC2)C(C)(C)C(C)C)cc1. The first kappa shape index (κ1) is 27.2. The number of likely N-dealkylation sites (tertiary alicyclic amines) is 1. The third-order valence-electron chi connectivity index (χ3n) is 8.12. The number of nitrogens with zero attached hydrogens (tertiary/aromatic N) is 2. The molecule has 2 atom stereocenters. The van der Waals surface area contributed by atoms with Crippen molar-refractivity contribution in [2.24, 2.45) is 11.3 Å². The summed E-state index contributed by atoms with van der Waals surface area (Å²) < 4.78 is 14.5. The predicted molar refractivity (Wildman–Crippen MR) is 142 cm³/mol. The Morgan fingerprint density at radius 1 is 1.22 bits per heavy atom. The summed E-state index contributed by atoms with van der Waals surface area (Å²) >= 11 is 1.59. The highest BCUT2D eigenvalue weighted by molar-refractivity contribution is 7.13. The van der Waals surface area contributed by atoms with Crippen LogP contribution in [0.2, 0.25) is 0 Å². The van der Waals surface area contributed by atoms with E-state index in [-0.39, 0.29) is 30.6 Å². The minimum atomic E-state index is -1.87. The van der Waals surface area contributed by atoms with Crippen LogP contribution in [0.3, 0.4) is 0 Å². The van der Waals surface area contributed by atoms with Crippen molar-refractivity contribution in [3.63, 3.8) is 0 Å². The molecule has 2 aliphatic rings. The Morgan fingerprint density at radius 3 is 2.46 bits per heavy atom. The molecule has 2 fully saturated rings. The molecule has 9 heteroatoms. The number of carbonyl (C=O) groups excluding carboxylic acids is 3. The van der Waals surface area contributed by atoms with E-state index in [2.05, 4.69) is 15.6 Å². The number of hydrogen-bond donors (Lipinski definition) is 2. The zero-order valence-electron chi connectivity index (χ0n) is 22.3. The molecule has 200 valence electrons. The van der Waals surface area contributed by atoms with Gasteiger partial charge in [-0.05, 0) is 55.1 Å². The van der Waals surface area contributed by atoms with Crippen molar-refractivity contribution in [2.75, 3.05) is 6.54 Å². The van der Waals surface area contributed by atoms with E-state index in [1.165, 1.54) is 0 Å². The number of aryl methyl sites for hydroxylation is 1. The highest BCUT2D eigenvalue weighted by atomic mass is 32.1. The number of benzene rings is 1. The molecule has 2 heterocycles. The summed E-state index contributed by atoms with van der Waals surface area (Å²) in [5.74, 6) is -1.22. The van der Waals surface area contributed by atoms with Gasteiger partial charge in [-0.15, -0.1) is 11.3 Å². The molecule has 0 spiro atoms. The number of hydrogen-bond acceptors (Lipinski definition) is 5. The van der Waals surface area contributed by atoms with Gasteiger partial charge >= 0.3 is 0 Å². The van der Waals surface area contributed by atoms with Crippen LogP contribution in [0.15, 0.2) is 29.8 Å². The van der Waals surface area contributed by atoms with Crippen LogP contribution in [0.1, 0.15) is 64.6 Å². The Morgan fingerprint density at radius 2 is 1.89 bits per heavy atom. The highest BCUT2D eigenvalue weighted by Gasteiger charge is 2.53. The van der Waals surface area contributed by atoms with Gasteiger partial charge in [0.25, 0.3) is 5.91 Å². The Labute approximate surface area is 222 Å². The summed E-state index contributed by atoms with van der Waals surface area (Å²) in [6.45, 7) is 10.5. The van der Waals surface area contributed by atoms with Crippen LogP contribution in [0, 0.1) is 18.3 Å². The van der Waals surface area contributed by atoms with Crippen LogP contribution in [0.25, 0.3) is 10.4 Å². The van der Waals surface area contributed by atoms with Gasteiger partial charge in [-0.2, -0.15) is 0 Å². The van der Waals surface area contributed by atoms with Gasteiger partial charge in [0.2, 0.25) is 11.8 Å². The molecule has 2 aromatic rings. The normalized spacial score (nSPS) is 19.5. The Balaban J connectivity index is 1.42. The number of halogens is 1. The van der Waals surface area contributed by atoms with Gasteiger partial charge in [0.1, 0.15) is 12.1 Å². The van der Waals surface area contributed by atoms with E-state index < -0.39 is 29.1 Å². The summed E-state index contributed by atoms with van der Waals surface area (Å²) in [7, 11) is 0. The summed E-state index contributed by atoms with van der Waals surface area (Å²) in [6, 6.07) is 6.47. The first-order valence-corrected chi connectivity index (χ1v) is 13.9. The third-order valence-corrected chi connectivity index (χ3v) is 9.09. The van der Waals surface area contributed by atoms with Crippen LogP contribution in [-0.2, 0) is 20.9 Å². The van der Waals surface area contributed by atoms with Crippen molar-refractivity contribution >= 4 is 29.1 Å². The lowest BCUT2D eigenvalue weighted by Gasteiger charge is -2.40. The molecule has 0 radical (unpaired) electrons. The molecule has 3 amide bonds. The van der Waals surface area contributed by atoms with Crippen LogP contribution < -0.4 is 10.6 Å². The minimum absolute atomic E-state index is 0.0445. The molecule has 1 aromatic carbocycles. The fourth-order valence-corrected chi connectivity index (χ4v) is 5.44. The van der Waals surface area contributed by atoms with Gasteiger partial charge in [0.05, 0.1) is 16.1 Å². The molecule has 7 nitrogen and oxygen atoms in total. The molecule has 1 aromatic heterocycles. The molecular formula is C28H37FN4O3S. The third kappa shape index (κ3) is 5.71. The van der Waals surface area contributed by atoms with Crippen LogP contribution in [0.4, 0.5) is 4.39 Å². The lowest BCUT2D eigenvalue weighted by Crippen LogP contribution is -2.60. The zero-order chi connectivity index (χ0) is 27.0. The van der Waals surface area contributed by atoms with Crippen LogP contribution in [0.5, 0.6) is 0 Å². The van der Waals surface area contributed by atoms with E-state index in [1.54, 1.807) is 16.2 Å². The maximum absolute atomic E-state index is 14.5. The fraction of sp³-hybridized carbons (Fsp3) is 0.571. The van der Waals surface area contributed by atoms with E-state index >= 15 is 0 Å². The number of carbonyl (C=O) groups is 3. The molecule has 2 unspecified atom stereocenters. The van der Waals surface area contributed by atoms with Crippen LogP contribution in [-0.4, -0.2) is 51.9 Å². The van der Waals surface area contributed by atoms with Crippen molar-refractivity contribution in [1.82, 2.24) is 20.5 Å². The summed E-state index contributed by atoms with van der Waals surface area (Å²) in [4.78, 5) is 46.5. The Kier molecular flexibility index (Phi) is 7.74. The second kappa shape index (κ2) is 10.5. The average Bonchev–Trinajstić information content (AvgIpc) is 3.24. The maximum Gasteiger partial charge on any atom is 0.258 e. The van der Waals surface area contributed by atoms with Gasteiger partial charge in [-0.25, -0.2) is 9.37 Å². The van der Waals surface area contributed by atoms with Gasteiger partial charge in [0, 0.05) is 13.1 Å². The van der Waals surface area contributed by atoms with Gasteiger partial charge < -0.3 is 15.5 Å². The van der Waals surface area contributed by atoms with E-state index in [0.717, 1.165) is 21.7 Å². The van der Waals surface area contributed by atoms with E-state index in [0.29, 0.717) is 25.9 Å². The number of rotatable bonds is 9. The van der Waals surface area contributed by atoms with Gasteiger partial charge in [0.15, 0.2) is 5.67 Å². The smallest absolute Gasteiger partial charge is 0.258 e. The minimum Gasteiger partial charge on any atom is -0.350 e. The standard InChI is InChI=1S/C28H37FN4O3S/c1-17(2)27(4,5)23(32-26(36)28(29)12-13-28)25(35)33-14-6-7-21(33)24(34)30-15-19-8-10-20(11-9-19)22-18(3)31-16-37-22/h8-11,16-17,21,23H,6-7,12-15H2,1-5H3,(H,30,34)(H,32,36). The number of alkyl halides is 1. The van der Waals surface area contributed by atoms with E-state index in [1.807, 2.05) is 64.4 Å². The topological polar surface area (TPSA) is 91.4 Å². The van der Waals surface area contributed by atoms with Crippen molar-refractivity contribution in [1.29, 1.82) is 0 Å².